The molecule has 0 spiro atoms. The van der Waals surface area contributed by atoms with Gasteiger partial charge in [-0.1, -0.05) is 23.7 Å². The fraction of sp³-hybridized carbons (Fsp3) is 0.250. The van der Waals surface area contributed by atoms with Crippen molar-refractivity contribution in [3.05, 3.63) is 34.9 Å². The van der Waals surface area contributed by atoms with E-state index in [1.54, 1.807) is 0 Å². The lowest BCUT2D eigenvalue weighted by atomic mass is 10.2. The average molecular weight is 190 g/mol. The van der Waals surface area contributed by atoms with Gasteiger partial charge < -0.3 is 5.32 Å². The molecule has 0 saturated carbocycles. The summed E-state index contributed by atoms with van der Waals surface area (Å²) in [5.41, 5.74) is 0.894. The zero-order valence-corrected chi connectivity index (χ0v) is 7.65. The number of halogens is 2. The van der Waals surface area contributed by atoms with Crippen LogP contribution in [0.4, 0.5) is 0 Å². The Kier molecular flexibility index (Phi) is 3.18. The lowest BCUT2D eigenvalue weighted by Crippen LogP contribution is -2.09. The summed E-state index contributed by atoms with van der Waals surface area (Å²) in [7, 11) is 1.81. The highest BCUT2D eigenvalue weighted by Crippen LogP contribution is 2.18. The summed E-state index contributed by atoms with van der Waals surface area (Å²) in [6.07, 6.45) is 0. The van der Waals surface area contributed by atoms with E-state index in [4.69, 9.17) is 23.2 Å². The van der Waals surface area contributed by atoms with Crippen LogP contribution in [0.25, 0.3) is 0 Å². The van der Waals surface area contributed by atoms with Gasteiger partial charge in [0.2, 0.25) is 0 Å². The summed E-state index contributed by atoms with van der Waals surface area (Å²) < 4.78 is 0. The second kappa shape index (κ2) is 3.96. The minimum absolute atomic E-state index is 0.132. The van der Waals surface area contributed by atoms with Crippen molar-refractivity contribution in [3.8, 4) is 0 Å². The van der Waals surface area contributed by atoms with E-state index >= 15 is 0 Å². The number of alkyl halides is 1. The van der Waals surface area contributed by atoms with Gasteiger partial charge in [-0.15, -0.1) is 11.6 Å². The minimum atomic E-state index is -0.132. The highest BCUT2D eigenvalue weighted by molar-refractivity contribution is 6.30. The number of benzene rings is 1. The lowest BCUT2D eigenvalue weighted by Gasteiger charge is -2.07. The molecule has 1 N–H and O–H groups in total. The Morgan fingerprint density at radius 3 is 2.27 bits per heavy atom. The molecule has 0 aliphatic heterocycles. The van der Waals surface area contributed by atoms with Crippen molar-refractivity contribution < 1.29 is 0 Å². The molecule has 0 aromatic heterocycles. The van der Waals surface area contributed by atoms with Gasteiger partial charge in [0.1, 0.15) is 5.50 Å². The smallest absolute Gasteiger partial charge is 0.108 e. The normalized spacial score (nSPS) is 13.0. The van der Waals surface area contributed by atoms with E-state index < -0.39 is 0 Å². The monoisotopic (exact) mass is 189 g/mol. The van der Waals surface area contributed by atoms with Crippen LogP contribution < -0.4 is 5.32 Å². The first-order valence-corrected chi connectivity index (χ1v) is 4.12. The number of nitrogens with one attached hydrogen (secondary N) is 1. The van der Waals surface area contributed by atoms with Crippen molar-refractivity contribution in [1.82, 2.24) is 5.32 Å². The van der Waals surface area contributed by atoms with Crippen molar-refractivity contribution in [3.63, 3.8) is 0 Å². The van der Waals surface area contributed by atoms with Gasteiger partial charge in [0.15, 0.2) is 0 Å². The van der Waals surface area contributed by atoms with E-state index in [2.05, 4.69) is 5.32 Å². The molecule has 0 aliphatic rings. The highest BCUT2D eigenvalue weighted by Gasteiger charge is 2.02. The molecule has 1 rings (SSSR count). The van der Waals surface area contributed by atoms with Gasteiger partial charge >= 0.3 is 0 Å². The fourth-order valence-corrected chi connectivity index (χ4v) is 1.07. The maximum absolute atomic E-state index is 5.89. The molecule has 1 aromatic rings. The first-order chi connectivity index (χ1) is 5.24. The SMILES string of the molecule is CNC(Cl)c1ccc(Cl)cc1. The second-order valence-corrected chi connectivity index (χ2v) is 3.08. The first-order valence-electron chi connectivity index (χ1n) is 3.31. The van der Waals surface area contributed by atoms with E-state index in [1.165, 1.54) is 0 Å². The quantitative estimate of drug-likeness (QED) is 0.558. The first kappa shape index (κ1) is 8.85. The van der Waals surface area contributed by atoms with Crippen LogP contribution in [0.5, 0.6) is 0 Å². The fourth-order valence-electron chi connectivity index (χ4n) is 0.798. The largest absolute Gasteiger partial charge is 0.301 e. The molecule has 3 heteroatoms. The lowest BCUT2D eigenvalue weighted by molar-refractivity contribution is 0.784. The van der Waals surface area contributed by atoms with E-state index in [1.807, 2.05) is 31.3 Å². The minimum Gasteiger partial charge on any atom is -0.301 e. The van der Waals surface area contributed by atoms with Gasteiger partial charge in [0.25, 0.3) is 0 Å². The van der Waals surface area contributed by atoms with Crippen LogP contribution in [0.15, 0.2) is 24.3 Å². The Morgan fingerprint density at radius 2 is 1.82 bits per heavy atom. The summed E-state index contributed by atoms with van der Waals surface area (Å²) in [5, 5.41) is 3.65. The predicted molar refractivity (Wildman–Crippen MR) is 49.1 cm³/mol. The molecule has 60 valence electrons. The van der Waals surface area contributed by atoms with E-state index in [0.717, 1.165) is 10.6 Å². The molecule has 1 nitrogen and oxygen atoms in total. The van der Waals surface area contributed by atoms with Crippen molar-refractivity contribution in [1.29, 1.82) is 0 Å². The summed E-state index contributed by atoms with van der Waals surface area (Å²) >= 11 is 11.6. The predicted octanol–water partition coefficient (Wildman–Crippen LogP) is 2.80. The number of hydrogen-bond acceptors (Lipinski definition) is 1. The molecule has 0 bridgehead atoms. The molecule has 0 aliphatic carbocycles. The van der Waals surface area contributed by atoms with E-state index in [-0.39, 0.29) is 5.50 Å². The molecule has 0 amide bonds. The summed E-state index contributed by atoms with van der Waals surface area (Å²) in [5.74, 6) is 0. The summed E-state index contributed by atoms with van der Waals surface area (Å²) in [6, 6.07) is 7.44. The highest BCUT2D eigenvalue weighted by atomic mass is 35.5. The van der Waals surface area contributed by atoms with Crippen LogP contribution in [0.3, 0.4) is 0 Å². The molecular weight excluding hydrogens is 181 g/mol. The molecule has 1 unspecified atom stereocenters. The molecule has 0 saturated heterocycles. The van der Waals surface area contributed by atoms with Gasteiger partial charge in [-0.2, -0.15) is 0 Å². The van der Waals surface area contributed by atoms with Gasteiger partial charge in [-0.05, 0) is 24.7 Å². The average Bonchev–Trinajstić information content (AvgIpc) is 2.05. The van der Waals surface area contributed by atoms with Crippen molar-refractivity contribution in [2.75, 3.05) is 7.05 Å². The Labute approximate surface area is 76.3 Å². The Hall–Kier alpha value is -0.240. The van der Waals surface area contributed by atoms with Crippen molar-refractivity contribution >= 4 is 23.2 Å². The van der Waals surface area contributed by atoms with Gasteiger partial charge in [0.05, 0.1) is 0 Å². The molecule has 1 atom stereocenters. The Morgan fingerprint density at radius 1 is 1.27 bits per heavy atom. The summed E-state index contributed by atoms with van der Waals surface area (Å²) in [4.78, 5) is 0. The van der Waals surface area contributed by atoms with Crippen LogP contribution >= 0.6 is 23.2 Å². The maximum atomic E-state index is 5.89. The molecular formula is C8H9Cl2N. The van der Waals surface area contributed by atoms with Crippen LogP contribution in [0.2, 0.25) is 5.02 Å². The summed E-state index contributed by atoms with van der Waals surface area (Å²) in [6.45, 7) is 0. The molecule has 1 aromatic carbocycles. The van der Waals surface area contributed by atoms with Crippen LogP contribution in [0, 0.1) is 0 Å². The third kappa shape index (κ3) is 2.37. The number of hydrogen-bond donors (Lipinski definition) is 1. The van der Waals surface area contributed by atoms with Crippen molar-refractivity contribution in [2.24, 2.45) is 0 Å². The molecule has 0 fully saturated rings. The molecule has 0 radical (unpaired) electrons. The zero-order chi connectivity index (χ0) is 8.27. The third-order valence-corrected chi connectivity index (χ3v) is 2.14. The molecule has 11 heavy (non-hydrogen) atoms. The van der Waals surface area contributed by atoms with E-state index in [0.29, 0.717) is 0 Å². The van der Waals surface area contributed by atoms with Gasteiger partial charge in [0, 0.05) is 5.02 Å². The maximum Gasteiger partial charge on any atom is 0.108 e. The van der Waals surface area contributed by atoms with Gasteiger partial charge in [-0.25, -0.2) is 0 Å². The van der Waals surface area contributed by atoms with Crippen LogP contribution in [-0.4, -0.2) is 7.05 Å². The molecule has 0 heterocycles. The van der Waals surface area contributed by atoms with Crippen LogP contribution in [-0.2, 0) is 0 Å². The topological polar surface area (TPSA) is 12.0 Å². The third-order valence-electron chi connectivity index (χ3n) is 1.42. The zero-order valence-electron chi connectivity index (χ0n) is 6.14. The Bertz CT molecular complexity index is 220. The van der Waals surface area contributed by atoms with Crippen molar-refractivity contribution in [2.45, 2.75) is 5.50 Å². The number of rotatable bonds is 2. The van der Waals surface area contributed by atoms with E-state index in [9.17, 15) is 0 Å². The standard InChI is InChI=1S/C8H9Cl2N/c1-11-8(10)6-2-4-7(9)5-3-6/h2-5,8,11H,1H3. The van der Waals surface area contributed by atoms with Gasteiger partial charge in [-0.3, -0.25) is 0 Å². The second-order valence-electron chi connectivity index (χ2n) is 2.20. The van der Waals surface area contributed by atoms with Crippen LogP contribution in [0.1, 0.15) is 11.1 Å². The Balaban J connectivity index is 2.81.